The molecule has 3 aliphatic rings. The maximum Gasteiger partial charge on any atom is 0.244 e. The molecule has 0 spiro atoms. The number of sulfonamides is 1. The van der Waals surface area contributed by atoms with Crippen molar-refractivity contribution in [2.45, 2.75) is 48.8 Å². The van der Waals surface area contributed by atoms with Gasteiger partial charge in [0.1, 0.15) is 4.90 Å². The fourth-order valence-electron chi connectivity index (χ4n) is 3.60. The summed E-state index contributed by atoms with van der Waals surface area (Å²) in [4.78, 5) is 16.5. The molecule has 0 unspecified atom stereocenters. The molecule has 130 valence electrons. The van der Waals surface area contributed by atoms with Crippen LogP contribution < -0.4 is 5.32 Å². The Hall–Kier alpha value is -1.51. The number of nitrogens with zero attached hydrogens (tertiary/aromatic N) is 2. The Bertz CT molecular complexity index is 720. The standard InChI is InChI=1S/C16H21N3O4S/c20-16(18-11-3-1-4-11)14-7-12-9-19(10-15(14)23-12)24(21,22)13-5-2-6-17-8-13/h2,5-6,8,11-12,14-15H,1,3-4,7,9-10H2,(H,18,20)/t12-,14+,15+/m0/s1. The van der Waals surface area contributed by atoms with Crippen LogP contribution in [0.5, 0.6) is 0 Å². The lowest BCUT2D eigenvalue weighted by Gasteiger charge is -2.32. The van der Waals surface area contributed by atoms with Gasteiger partial charge in [0.05, 0.1) is 18.1 Å². The van der Waals surface area contributed by atoms with E-state index in [1.54, 1.807) is 18.3 Å². The van der Waals surface area contributed by atoms with Crippen LogP contribution in [0.4, 0.5) is 0 Å². The topological polar surface area (TPSA) is 88.6 Å². The SMILES string of the molecule is O=C(NC1CCC1)[C@@H]1C[C@H]2CN(S(=O)(=O)c3cccnc3)C[C@H]1O2. The maximum absolute atomic E-state index is 12.7. The van der Waals surface area contributed by atoms with E-state index in [2.05, 4.69) is 10.3 Å². The number of rotatable bonds is 4. The first-order valence-electron chi connectivity index (χ1n) is 8.40. The Balaban J connectivity index is 1.47. The van der Waals surface area contributed by atoms with Crippen LogP contribution in [0, 0.1) is 5.92 Å². The third-order valence-corrected chi connectivity index (χ3v) is 7.00. The monoisotopic (exact) mass is 351 g/mol. The normalized spacial score (nSPS) is 30.8. The number of morpholine rings is 1. The smallest absolute Gasteiger partial charge is 0.244 e. The van der Waals surface area contributed by atoms with Crippen LogP contribution in [-0.2, 0) is 19.6 Å². The summed E-state index contributed by atoms with van der Waals surface area (Å²) in [5, 5.41) is 3.06. The molecule has 2 bridgehead atoms. The number of carbonyl (C=O) groups excluding carboxylic acids is 1. The van der Waals surface area contributed by atoms with E-state index in [1.165, 1.54) is 10.5 Å². The van der Waals surface area contributed by atoms with Crippen molar-refractivity contribution in [1.29, 1.82) is 0 Å². The number of pyridine rings is 1. The predicted octanol–water partition coefficient (Wildman–Crippen LogP) is 0.528. The fourth-order valence-corrected chi connectivity index (χ4v) is 5.05. The number of carbonyl (C=O) groups is 1. The number of hydrogen-bond donors (Lipinski definition) is 1. The summed E-state index contributed by atoms with van der Waals surface area (Å²) in [6.45, 7) is 0.511. The first-order valence-corrected chi connectivity index (χ1v) is 9.84. The number of ether oxygens (including phenoxy) is 1. The minimum absolute atomic E-state index is 0.00725. The molecule has 0 radical (unpaired) electrons. The third-order valence-electron chi connectivity index (χ3n) is 5.18. The molecule has 4 rings (SSSR count). The molecule has 1 aliphatic carbocycles. The summed E-state index contributed by atoms with van der Waals surface area (Å²) in [6, 6.07) is 3.44. The summed E-state index contributed by atoms with van der Waals surface area (Å²) in [5.41, 5.74) is 0. The molecule has 2 saturated heterocycles. The third kappa shape index (κ3) is 2.82. The van der Waals surface area contributed by atoms with Crippen molar-refractivity contribution in [3.8, 4) is 0 Å². The van der Waals surface area contributed by atoms with Crippen LogP contribution in [0.2, 0.25) is 0 Å². The van der Waals surface area contributed by atoms with E-state index in [1.807, 2.05) is 0 Å². The van der Waals surface area contributed by atoms with Crippen LogP contribution in [-0.4, -0.2) is 55.0 Å². The van der Waals surface area contributed by atoms with Gasteiger partial charge in [-0.15, -0.1) is 0 Å². The molecular weight excluding hydrogens is 330 g/mol. The van der Waals surface area contributed by atoms with Gasteiger partial charge in [-0.25, -0.2) is 8.42 Å². The first kappa shape index (κ1) is 16.0. The summed E-state index contributed by atoms with van der Waals surface area (Å²) < 4.78 is 32.8. The van der Waals surface area contributed by atoms with Gasteiger partial charge in [-0.3, -0.25) is 9.78 Å². The number of aromatic nitrogens is 1. The van der Waals surface area contributed by atoms with Gasteiger partial charge in [-0.1, -0.05) is 0 Å². The van der Waals surface area contributed by atoms with Gasteiger partial charge in [0.25, 0.3) is 0 Å². The summed E-state index contributed by atoms with van der Waals surface area (Å²) in [6.07, 6.45) is 6.14. The summed E-state index contributed by atoms with van der Waals surface area (Å²) in [7, 11) is -3.59. The zero-order valence-electron chi connectivity index (χ0n) is 13.3. The van der Waals surface area contributed by atoms with E-state index in [9.17, 15) is 13.2 Å². The van der Waals surface area contributed by atoms with Crippen LogP contribution in [0.3, 0.4) is 0 Å². The second-order valence-electron chi connectivity index (χ2n) is 6.79. The van der Waals surface area contributed by atoms with Crippen LogP contribution in [0.25, 0.3) is 0 Å². The minimum Gasteiger partial charge on any atom is -0.371 e. The Morgan fingerprint density at radius 2 is 2.17 bits per heavy atom. The van der Waals surface area contributed by atoms with Crippen molar-refractivity contribution in [3.63, 3.8) is 0 Å². The van der Waals surface area contributed by atoms with E-state index in [4.69, 9.17) is 4.74 Å². The second kappa shape index (κ2) is 6.09. The van der Waals surface area contributed by atoms with Crippen molar-refractivity contribution < 1.29 is 17.9 Å². The second-order valence-corrected chi connectivity index (χ2v) is 8.72. The lowest BCUT2D eigenvalue weighted by Crippen LogP contribution is -2.49. The highest BCUT2D eigenvalue weighted by Crippen LogP contribution is 2.34. The Morgan fingerprint density at radius 3 is 2.83 bits per heavy atom. The average molecular weight is 351 g/mol. The lowest BCUT2D eigenvalue weighted by atomic mass is 9.91. The van der Waals surface area contributed by atoms with E-state index in [-0.39, 0.29) is 41.5 Å². The zero-order chi connectivity index (χ0) is 16.7. The van der Waals surface area contributed by atoms with Crippen molar-refractivity contribution in [3.05, 3.63) is 24.5 Å². The van der Waals surface area contributed by atoms with Gasteiger partial charge in [-0.05, 0) is 37.8 Å². The molecule has 2 aliphatic heterocycles. The molecule has 1 amide bonds. The van der Waals surface area contributed by atoms with Crippen molar-refractivity contribution in [1.82, 2.24) is 14.6 Å². The molecule has 1 saturated carbocycles. The van der Waals surface area contributed by atoms with Crippen LogP contribution in [0.15, 0.2) is 29.4 Å². The fraction of sp³-hybridized carbons (Fsp3) is 0.625. The molecule has 7 nitrogen and oxygen atoms in total. The number of fused-ring (bicyclic) bond motifs is 2. The first-order chi connectivity index (χ1) is 11.5. The molecule has 8 heteroatoms. The lowest BCUT2D eigenvalue weighted by molar-refractivity contribution is -0.128. The van der Waals surface area contributed by atoms with Gasteiger partial charge < -0.3 is 10.1 Å². The molecule has 0 aromatic carbocycles. The minimum atomic E-state index is -3.59. The van der Waals surface area contributed by atoms with E-state index in [0.29, 0.717) is 13.0 Å². The highest BCUT2D eigenvalue weighted by Gasteiger charge is 2.47. The highest BCUT2D eigenvalue weighted by atomic mass is 32.2. The molecule has 1 aromatic rings. The van der Waals surface area contributed by atoms with Crippen molar-refractivity contribution in [2.75, 3.05) is 13.1 Å². The molecule has 1 aromatic heterocycles. The molecule has 3 heterocycles. The van der Waals surface area contributed by atoms with Gasteiger partial charge in [-0.2, -0.15) is 4.31 Å². The van der Waals surface area contributed by atoms with E-state index in [0.717, 1.165) is 19.3 Å². The van der Waals surface area contributed by atoms with Gasteiger partial charge >= 0.3 is 0 Å². The number of nitrogens with one attached hydrogen (secondary N) is 1. The maximum atomic E-state index is 12.7. The average Bonchev–Trinajstić information content (AvgIpc) is 2.85. The Labute approximate surface area is 141 Å². The highest BCUT2D eigenvalue weighted by molar-refractivity contribution is 7.89. The van der Waals surface area contributed by atoms with Crippen molar-refractivity contribution >= 4 is 15.9 Å². The molecule has 3 fully saturated rings. The van der Waals surface area contributed by atoms with Gasteiger partial charge in [0, 0.05) is 31.5 Å². The van der Waals surface area contributed by atoms with E-state index >= 15 is 0 Å². The Morgan fingerprint density at radius 1 is 1.33 bits per heavy atom. The largest absolute Gasteiger partial charge is 0.371 e. The van der Waals surface area contributed by atoms with Crippen LogP contribution in [0.1, 0.15) is 25.7 Å². The summed E-state index contributed by atoms with van der Waals surface area (Å²) in [5.74, 6) is -0.252. The predicted molar refractivity (Wildman–Crippen MR) is 85.5 cm³/mol. The van der Waals surface area contributed by atoms with Crippen molar-refractivity contribution in [2.24, 2.45) is 5.92 Å². The Kier molecular flexibility index (Phi) is 4.06. The molecule has 24 heavy (non-hydrogen) atoms. The molecular formula is C16H21N3O4S. The van der Waals surface area contributed by atoms with Crippen LogP contribution >= 0.6 is 0 Å². The summed E-state index contributed by atoms with van der Waals surface area (Å²) >= 11 is 0. The van der Waals surface area contributed by atoms with Gasteiger partial charge in [0.15, 0.2) is 0 Å². The zero-order valence-corrected chi connectivity index (χ0v) is 14.1. The quantitative estimate of drug-likeness (QED) is 0.855. The number of amides is 1. The molecule has 3 atom stereocenters. The van der Waals surface area contributed by atoms with Gasteiger partial charge in [0.2, 0.25) is 15.9 Å². The molecule has 1 N–H and O–H groups in total. The number of hydrogen-bond acceptors (Lipinski definition) is 5. The van der Waals surface area contributed by atoms with E-state index < -0.39 is 10.0 Å².